The molecular formula is C55H37FN4. The Bertz CT molecular complexity index is 3830. The molecule has 0 radical (unpaired) electrons. The van der Waals surface area contributed by atoms with Crippen LogP contribution in [0.3, 0.4) is 0 Å². The van der Waals surface area contributed by atoms with Gasteiger partial charge >= 0.3 is 0 Å². The van der Waals surface area contributed by atoms with E-state index < -0.39 is 0 Å². The molecule has 1 unspecified atom stereocenters. The molecule has 0 aliphatic heterocycles. The van der Waals surface area contributed by atoms with Crippen LogP contribution in [0.2, 0.25) is 0 Å². The van der Waals surface area contributed by atoms with Crippen molar-refractivity contribution in [3.05, 3.63) is 194 Å². The van der Waals surface area contributed by atoms with Gasteiger partial charge in [0.1, 0.15) is 5.82 Å². The molecule has 1 aliphatic rings. The minimum absolute atomic E-state index is 0.290. The van der Waals surface area contributed by atoms with E-state index in [4.69, 9.17) is 0 Å². The number of fused-ring (bicyclic) bond motifs is 12. The van der Waals surface area contributed by atoms with Gasteiger partial charge in [0.2, 0.25) is 0 Å². The van der Waals surface area contributed by atoms with Crippen molar-refractivity contribution in [3.8, 4) is 17.1 Å². The summed E-state index contributed by atoms with van der Waals surface area (Å²) >= 11 is 0. The first-order valence-corrected chi connectivity index (χ1v) is 20.8. The Morgan fingerprint density at radius 1 is 0.383 bits per heavy atom. The third-order valence-corrected chi connectivity index (χ3v) is 13.0. The van der Waals surface area contributed by atoms with Crippen LogP contribution in [0.5, 0.6) is 0 Å². The van der Waals surface area contributed by atoms with E-state index in [1.807, 2.05) is 0 Å². The number of hydrogen-bond donors (Lipinski definition) is 0. The van der Waals surface area contributed by atoms with E-state index in [1.165, 1.54) is 32.8 Å². The van der Waals surface area contributed by atoms with E-state index in [0.717, 1.165) is 83.6 Å². The van der Waals surface area contributed by atoms with Crippen molar-refractivity contribution in [2.45, 2.75) is 13.3 Å². The molecule has 4 aromatic heterocycles. The maximum absolute atomic E-state index is 16.6. The molecule has 0 spiro atoms. The van der Waals surface area contributed by atoms with Crippen LogP contribution in [0.4, 0.5) is 4.39 Å². The van der Waals surface area contributed by atoms with Crippen molar-refractivity contribution < 1.29 is 4.39 Å². The molecule has 1 aliphatic carbocycles. The minimum Gasteiger partial charge on any atom is -0.313 e. The van der Waals surface area contributed by atoms with Crippen LogP contribution < -0.4 is 0 Å². The van der Waals surface area contributed by atoms with Gasteiger partial charge in [-0.05, 0) is 91.4 Å². The van der Waals surface area contributed by atoms with Gasteiger partial charge in [-0.25, -0.2) is 4.39 Å². The zero-order valence-corrected chi connectivity index (χ0v) is 32.8. The molecule has 0 saturated heterocycles. The van der Waals surface area contributed by atoms with Crippen LogP contribution in [0.25, 0.3) is 110 Å². The molecule has 60 heavy (non-hydrogen) atoms. The number of benzene rings is 8. The number of para-hydroxylation sites is 5. The van der Waals surface area contributed by atoms with Crippen molar-refractivity contribution in [1.29, 1.82) is 0 Å². The van der Waals surface area contributed by atoms with E-state index in [2.05, 4.69) is 201 Å². The summed E-state index contributed by atoms with van der Waals surface area (Å²) in [6, 6.07) is 59.8. The number of halogens is 1. The molecule has 5 heteroatoms. The highest BCUT2D eigenvalue weighted by molar-refractivity contribution is 6.21. The minimum atomic E-state index is -0.290. The van der Waals surface area contributed by atoms with Crippen molar-refractivity contribution in [3.63, 3.8) is 0 Å². The maximum Gasteiger partial charge on any atom is 0.127 e. The normalized spacial score (nSPS) is 14.6. The van der Waals surface area contributed by atoms with Gasteiger partial charge in [0, 0.05) is 60.4 Å². The van der Waals surface area contributed by atoms with E-state index in [1.54, 1.807) is 12.1 Å². The van der Waals surface area contributed by atoms with Crippen molar-refractivity contribution in [2.24, 2.45) is 5.92 Å². The second-order valence-corrected chi connectivity index (χ2v) is 16.3. The van der Waals surface area contributed by atoms with Crippen LogP contribution in [0, 0.1) is 11.7 Å². The Morgan fingerprint density at radius 3 is 1.25 bits per heavy atom. The van der Waals surface area contributed by atoms with Gasteiger partial charge < -0.3 is 18.3 Å². The van der Waals surface area contributed by atoms with Gasteiger partial charge in [0.15, 0.2) is 0 Å². The molecule has 0 bridgehead atoms. The number of nitrogens with zero attached hydrogens (tertiary/aromatic N) is 4. The molecule has 12 aromatic rings. The molecular weight excluding hydrogens is 736 g/mol. The van der Waals surface area contributed by atoms with E-state index in [-0.39, 0.29) is 5.82 Å². The standard InChI is InChI=1S/C55H37FN4/c1-34-15-5-10-22-47(34)60-51-26-14-9-21-42(51)46-31-45-41-20-8-13-25-50(41)59(54(45)33-55(46)60)38-28-35(56)27-37(29-38)58-49-24-12-7-19-40(49)44-30-43-39-18-6-11-23-48(39)57(52(43)32-53(44)58)36-16-3-2-4-17-36/h2-14,16-34H,15H2,1H3. The van der Waals surface area contributed by atoms with Crippen LogP contribution in [0.15, 0.2) is 188 Å². The van der Waals surface area contributed by atoms with E-state index in [0.29, 0.717) is 5.92 Å². The topological polar surface area (TPSA) is 19.7 Å². The van der Waals surface area contributed by atoms with Gasteiger partial charge in [0.25, 0.3) is 0 Å². The average molecular weight is 773 g/mol. The molecule has 0 N–H and O–H groups in total. The van der Waals surface area contributed by atoms with Crippen molar-refractivity contribution in [2.75, 3.05) is 0 Å². The Hall–Kier alpha value is -7.63. The second kappa shape index (κ2) is 12.4. The summed E-state index contributed by atoms with van der Waals surface area (Å²) < 4.78 is 25.9. The highest BCUT2D eigenvalue weighted by Crippen LogP contribution is 2.43. The Kier molecular flexibility index (Phi) is 6.91. The summed E-state index contributed by atoms with van der Waals surface area (Å²) in [7, 11) is 0. The lowest BCUT2D eigenvalue weighted by molar-refractivity contribution is 0.626. The summed E-state index contributed by atoms with van der Waals surface area (Å²) in [6.07, 6.45) is 7.69. The molecule has 284 valence electrons. The monoisotopic (exact) mass is 772 g/mol. The van der Waals surface area contributed by atoms with Crippen molar-refractivity contribution in [1.82, 2.24) is 18.3 Å². The third kappa shape index (κ3) is 4.60. The number of hydrogen-bond acceptors (Lipinski definition) is 0. The molecule has 4 heterocycles. The number of aromatic nitrogens is 4. The van der Waals surface area contributed by atoms with Crippen molar-refractivity contribution >= 4 is 92.9 Å². The Labute approximate surface area is 344 Å². The van der Waals surface area contributed by atoms with Crippen LogP contribution in [0.1, 0.15) is 13.3 Å². The van der Waals surface area contributed by atoms with Gasteiger partial charge in [0.05, 0.1) is 55.5 Å². The summed E-state index contributed by atoms with van der Waals surface area (Å²) in [4.78, 5) is 0. The molecule has 8 aromatic carbocycles. The average Bonchev–Trinajstić information content (AvgIpc) is 3.99. The van der Waals surface area contributed by atoms with E-state index >= 15 is 4.39 Å². The van der Waals surface area contributed by atoms with Gasteiger partial charge in [-0.2, -0.15) is 0 Å². The lowest BCUT2D eigenvalue weighted by atomic mass is 9.98. The first-order chi connectivity index (χ1) is 29.6. The third-order valence-electron chi connectivity index (χ3n) is 13.0. The molecule has 0 fully saturated rings. The highest BCUT2D eigenvalue weighted by atomic mass is 19.1. The fraction of sp³-hybridized carbons (Fsp3) is 0.0545. The van der Waals surface area contributed by atoms with Crippen LogP contribution in [-0.4, -0.2) is 18.3 Å². The molecule has 4 nitrogen and oxygen atoms in total. The van der Waals surface area contributed by atoms with Gasteiger partial charge in [-0.3, -0.25) is 0 Å². The number of allylic oxidation sites excluding steroid dienone is 4. The zero-order chi connectivity index (χ0) is 39.6. The largest absolute Gasteiger partial charge is 0.313 e. The quantitative estimate of drug-likeness (QED) is 0.170. The zero-order valence-electron chi connectivity index (χ0n) is 32.8. The maximum atomic E-state index is 16.6. The smallest absolute Gasteiger partial charge is 0.127 e. The molecule has 13 rings (SSSR count). The summed E-state index contributed by atoms with van der Waals surface area (Å²) in [6.45, 7) is 2.31. The fourth-order valence-electron chi connectivity index (χ4n) is 10.4. The predicted octanol–water partition coefficient (Wildman–Crippen LogP) is 14.7. The Morgan fingerprint density at radius 2 is 0.783 bits per heavy atom. The molecule has 0 amide bonds. The first kappa shape index (κ1) is 33.4. The molecule has 0 saturated carbocycles. The van der Waals surface area contributed by atoms with E-state index in [9.17, 15) is 0 Å². The first-order valence-electron chi connectivity index (χ1n) is 20.8. The summed E-state index contributed by atoms with van der Waals surface area (Å²) in [5, 5.41) is 9.38. The molecule has 1 atom stereocenters. The predicted molar refractivity (Wildman–Crippen MR) is 250 cm³/mol. The van der Waals surface area contributed by atoms with Crippen LogP contribution in [-0.2, 0) is 0 Å². The van der Waals surface area contributed by atoms with Crippen LogP contribution >= 0.6 is 0 Å². The summed E-state index contributed by atoms with van der Waals surface area (Å²) in [5.74, 6) is 0.0738. The van der Waals surface area contributed by atoms with Gasteiger partial charge in [-0.1, -0.05) is 110 Å². The van der Waals surface area contributed by atoms with Gasteiger partial charge in [-0.15, -0.1) is 0 Å². The second-order valence-electron chi connectivity index (χ2n) is 16.3. The lowest BCUT2D eigenvalue weighted by Gasteiger charge is -2.20. The lowest BCUT2D eigenvalue weighted by Crippen LogP contribution is -2.08. The fourth-order valence-corrected chi connectivity index (χ4v) is 10.4. The SMILES string of the molecule is CC1CC=CC=C1n1c2ccccc2c2cc3c4ccccc4n(-c4cc(F)cc(-n5c6ccccc6c6cc7c8ccccc8n(-c8ccccc8)c7cc65)c4)c3cc21. The number of rotatable bonds is 4. The highest BCUT2D eigenvalue weighted by Gasteiger charge is 2.23. The Balaban J connectivity index is 1.11. The summed E-state index contributed by atoms with van der Waals surface area (Å²) in [5.41, 5.74) is 12.7.